The van der Waals surface area contributed by atoms with Gasteiger partial charge in [-0.15, -0.1) is 6.58 Å². The van der Waals surface area contributed by atoms with E-state index in [-0.39, 0.29) is 17.5 Å². The lowest BCUT2D eigenvalue weighted by Crippen LogP contribution is -2.30. The molecule has 5 heteroatoms. The second-order valence-electron chi connectivity index (χ2n) is 2.05. The molecular formula is C7H10BrNO3. The Bertz CT molecular complexity index is 193. The molecule has 1 atom stereocenters. The molecule has 0 rings (SSSR count). The van der Waals surface area contributed by atoms with Crippen LogP contribution < -0.4 is 5.73 Å². The van der Waals surface area contributed by atoms with E-state index in [0.717, 1.165) is 0 Å². The van der Waals surface area contributed by atoms with Crippen molar-refractivity contribution in [2.24, 2.45) is 5.73 Å². The molecule has 0 fully saturated rings. The topological polar surface area (TPSA) is 69.4 Å². The van der Waals surface area contributed by atoms with E-state index < -0.39 is 12.2 Å². The molecule has 0 saturated heterocycles. The van der Waals surface area contributed by atoms with Crippen LogP contribution in [0.5, 0.6) is 0 Å². The maximum absolute atomic E-state index is 11.0. The zero-order valence-electron chi connectivity index (χ0n) is 6.46. The second kappa shape index (κ2) is 5.77. The Hall–Kier alpha value is -0.840. The van der Waals surface area contributed by atoms with Crippen molar-refractivity contribution in [1.29, 1.82) is 0 Å². The summed E-state index contributed by atoms with van der Waals surface area (Å²) < 4.78 is 4.53. The maximum atomic E-state index is 11.0. The van der Waals surface area contributed by atoms with Crippen LogP contribution >= 0.6 is 15.9 Å². The van der Waals surface area contributed by atoms with Gasteiger partial charge in [-0.05, 0) is 0 Å². The minimum atomic E-state index is -0.948. The number of ether oxygens (including phenoxy) is 1. The molecule has 0 heterocycles. The molecule has 0 aromatic rings. The molecule has 0 aliphatic heterocycles. The molecule has 2 N–H and O–H groups in total. The zero-order valence-corrected chi connectivity index (χ0v) is 8.04. The summed E-state index contributed by atoms with van der Waals surface area (Å²) in [5, 5.41) is 0.138. The summed E-state index contributed by atoms with van der Waals surface area (Å²) in [6, 6.07) is 0. The third-order valence-electron chi connectivity index (χ3n) is 1.13. The number of halogens is 1. The highest BCUT2D eigenvalue weighted by molar-refractivity contribution is 9.09. The number of carbonyl (C=O) groups excluding carboxylic acids is 2. The Morgan fingerprint density at radius 3 is 2.58 bits per heavy atom. The average molecular weight is 236 g/mol. The first-order valence-corrected chi connectivity index (χ1v) is 4.39. The van der Waals surface area contributed by atoms with E-state index in [1.54, 1.807) is 0 Å². The molecule has 0 aromatic carbocycles. The highest BCUT2D eigenvalue weighted by Gasteiger charge is 2.18. The lowest BCUT2D eigenvalue weighted by Gasteiger charge is -2.11. The van der Waals surface area contributed by atoms with Crippen molar-refractivity contribution >= 4 is 27.8 Å². The zero-order chi connectivity index (χ0) is 9.56. The van der Waals surface area contributed by atoms with Crippen molar-refractivity contribution in [3.05, 3.63) is 12.7 Å². The van der Waals surface area contributed by atoms with Gasteiger partial charge >= 0.3 is 6.09 Å². The molecule has 0 spiro atoms. The molecule has 1 amide bonds. The molecule has 68 valence electrons. The van der Waals surface area contributed by atoms with Gasteiger partial charge in [0.05, 0.1) is 5.33 Å². The summed E-state index contributed by atoms with van der Waals surface area (Å²) in [5.41, 5.74) is 4.75. The van der Waals surface area contributed by atoms with Crippen LogP contribution in [0, 0.1) is 0 Å². The number of carbonyl (C=O) groups is 2. The van der Waals surface area contributed by atoms with Crippen LogP contribution in [-0.4, -0.2) is 23.3 Å². The van der Waals surface area contributed by atoms with E-state index in [1.807, 2.05) is 0 Å². The molecule has 4 nitrogen and oxygen atoms in total. The van der Waals surface area contributed by atoms with E-state index in [9.17, 15) is 9.59 Å². The highest BCUT2D eigenvalue weighted by atomic mass is 79.9. The minimum Gasteiger partial charge on any atom is -0.438 e. The Balaban J connectivity index is 4.11. The predicted molar refractivity (Wildman–Crippen MR) is 48.1 cm³/mol. The van der Waals surface area contributed by atoms with Crippen LogP contribution in [0.2, 0.25) is 0 Å². The van der Waals surface area contributed by atoms with Crippen molar-refractivity contribution in [1.82, 2.24) is 0 Å². The van der Waals surface area contributed by atoms with Crippen LogP contribution in [0.1, 0.15) is 6.42 Å². The SMILES string of the molecule is C=CCC(OC(N)=O)C(=O)CBr. The monoisotopic (exact) mass is 235 g/mol. The summed E-state index contributed by atoms with van der Waals surface area (Å²) in [6.45, 7) is 3.42. The van der Waals surface area contributed by atoms with Crippen molar-refractivity contribution in [3.63, 3.8) is 0 Å². The van der Waals surface area contributed by atoms with Gasteiger partial charge < -0.3 is 10.5 Å². The largest absolute Gasteiger partial charge is 0.438 e. The van der Waals surface area contributed by atoms with Gasteiger partial charge in [0.25, 0.3) is 0 Å². The van der Waals surface area contributed by atoms with E-state index in [4.69, 9.17) is 5.73 Å². The number of nitrogens with two attached hydrogens (primary N) is 1. The number of hydrogen-bond acceptors (Lipinski definition) is 3. The van der Waals surface area contributed by atoms with Crippen LogP contribution in [0.4, 0.5) is 4.79 Å². The number of primary amides is 1. The van der Waals surface area contributed by atoms with Crippen LogP contribution in [0.3, 0.4) is 0 Å². The van der Waals surface area contributed by atoms with Gasteiger partial charge in [0.2, 0.25) is 0 Å². The molecule has 0 aromatic heterocycles. The summed E-state index contributed by atoms with van der Waals surface area (Å²) in [5.74, 6) is -0.228. The number of ketones is 1. The van der Waals surface area contributed by atoms with Crippen molar-refractivity contribution < 1.29 is 14.3 Å². The van der Waals surface area contributed by atoms with Crippen molar-refractivity contribution in [3.8, 4) is 0 Å². The summed E-state index contributed by atoms with van der Waals surface area (Å²) >= 11 is 2.96. The second-order valence-corrected chi connectivity index (χ2v) is 2.61. The lowest BCUT2D eigenvalue weighted by atomic mass is 10.2. The number of hydrogen-bond donors (Lipinski definition) is 1. The highest BCUT2D eigenvalue weighted by Crippen LogP contribution is 2.03. The first-order valence-electron chi connectivity index (χ1n) is 3.27. The van der Waals surface area contributed by atoms with Gasteiger partial charge in [-0.2, -0.15) is 0 Å². The van der Waals surface area contributed by atoms with E-state index >= 15 is 0 Å². The van der Waals surface area contributed by atoms with Gasteiger partial charge in [0.1, 0.15) is 0 Å². The molecular weight excluding hydrogens is 226 g/mol. The smallest absolute Gasteiger partial charge is 0.405 e. The Morgan fingerprint density at radius 2 is 2.25 bits per heavy atom. The van der Waals surface area contributed by atoms with Crippen LogP contribution in [0.25, 0.3) is 0 Å². The summed E-state index contributed by atoms with van der Waals surface area (Å²) in [4.78, 5) is 21.3. The van der Waals surface area contributed by atoms with E-state index in [1.165, 1.54) is 6.08 Å². The third kappa shape index (κ3) is 4.12. The van der Waals surface area contributed by atoms with Crippen LogP contribution in [-0.2, 0) is 9.53 Å². The Labute approximate surface area is 78.9 Å². The Morgan fingerprint density at radius 1 is 1.67 bits per heavy atom. The first kappa shape index (κ1) is 11.2. The number of rotatable bonds is 5. The van der Waals surface area contributed by atoms with Crippen molar-refractivity contribution in [2.45, 2.75) is 12.5 Å². The van der Waals surface area contributed by atoms with Crippen molar-refractivity contribution in [2.75, 3.05) is 5.33 Å². The quantitative estimate of drug-likeness (QED) is 0.571. The fourth-order valence-corrected chi connectivity index (χ4v) is 0.984. The standard InChI is InChI=1S/C7H10BrNO3/c1-2-3-6(5(10)4-8)12-7(9)11/h2,6H,1,3-4H2,(H2,9,11). The number of amides is 1. The van der Waals surface area contributed by atoms with Gasteiger partial charge in [0.15, 0.2) is 11.9 Å². The first-order chi connectivity index (χ1) is 5.61. The fraction of sp³-hybridized carbons (Fsp3) is 0.429. The molecule has 0 bridgehead atoms. The summed E-state index contributed by atoms with van der Waals surface area (Å²) in [6.07, 6.45) is 0.0252. The minimum absolute atomic E-state index is 0.138. The molecule has 1 unspecified atom stereocenters. The third-order valence-corrected chi connectivity index (χ3v) is 1.68. The van der Waals surface area contributed by atoms with E-state index in [2.05, 4.69) is 27.2 Å². The molecule has 0 aliphatic rings. The van der Waals surface area contributed by atoms with E-state index in [0.29, 0.717) is 0 Å². The van der Waals surface area contributed by atoms with Gasteiger partial charge in [-0.1, -0.05) is 22.0 Å². The average Bonchev–Trinajstić information content (AvgIpc) is 2.01. The summed E-state index contributed by atoms with van der Waals surface area (Å²) in [7, 11) is 0. The van der Waals surface area contributed by atoms with Gasteiger partial charge in [-0.25, -0.2) is 4.79 Å². The number of alkyl halides is 1. The van der Waals surface area contributed by atoms with Crippen LogP contribution in [0.15, 0.2) is 12.7 Å². The molecule has 0 saturated carbocycles. The maximum Gasteiger partial charge on any atom is 0.405 e. The normalized spacial score (nSPS) is 11.8. The van der Waals surface area contributed by atoms with Gasteiger partial charge in [0, 0.05) is 6.42 Å². The predicted octanol–water partition coefficient (Wildman–Crippen LogP) is 0.990. The fourth-order valence-electron chi connectivity index (χ4n) is 0.623. The molecule has 0 radical (unpaired) electrons. The van der Waals surface area contributed by atoms with Gasteiger partial charge in [-0.3, -0.25) is 4.79 Å². The number of Topliss-reactive ketones (excluding diaryl/α,β-unsaturated/α-hetero) is 1. The lowest BCUT2D eigenvalue weighted by molar-refractivity contribution is -0.124. The molecule has 12 heavy (non-hydrogen) atoms. The Kier molecular flexibility index (Phi) is 5.36. The molecule has 0 aliphatic carbocycles.